The van der Waals surface area contributed by atoms with Crippen LogP contribution < -0.4 is 38.1 Å². The van der Waals surface area contributed by atoms with Crippen molar-refractivity contribution in [2.45, 2.75) is 56.8 Å². The molecule has 14 nitrogen and oxygen atoms in total. The first-order valence-electron chi connectivity index (χ1n) is 15.3. The summed E-state index contributed by atoms with van der Waals surface area (Å²) in [6, 6.07) is 15.1. The van der Waals surface area contributed by atoms with E-state index in [4.69, 9.17) is 11.5 Å². The third kappa shape index (κ3) is 10.2. The lowest BCUT2D eigenvalue weighted by Crippen LogP contribution is -2.57. The van der Waals surface area contributed by atoms with E-state index >= 15 is 0 Å². The Morgan fingerprint density at radius 1 is 0.745 bits per heavy atom. The lowest BCUT2D eigenvalue weighted by molar-refractivity contribution is -0.133. The monoisotopic (exact) mass is 644 g/mol. The molecule has 1 heterocycles. The number of phenolic OH excluding ortho intramolecular Hbond substituents is 1. The molecule has 14 heteroatoms. The maximum Gasteiger partial charge on any atom is 0.243 e. The molecule has 4 rings (SSSR count). The molecule has 0 saturated carbocycles. The van der Waals surface area contributed by atoms with E-state index in [0.717, 1.165) is 16.3 Å². The number of nitrogens with one attached hydrogen (secondary N) is 5. The van der Waals surface area contributed by atoms with Gasteiger partial charge in [-0.2, -0.15) is 0 Å². The number of phenols is 1. The van der Waals surface area contributed by atoms with E-state index in [1.54, 1.807) is 12.1 Å². The fourth-order valence-corrected chi connectivity index (χ4v) is 5.14. The number of carbonyl (C=O) groups is 5. The van der Waals surface area contributed by atoms with Crippen molar-refractivity contribution in [1.82, 2.24) is 26.6 Å². The number of carbonyl (C=O) groups excluding carboxylic acids is 5. The van der Waals surface area contributed by atoms with Gasteiger partial charge in [0.2, 0.25) is 29.5 Å². The van der Waals surface area contributed by atoms with Crippen LogP contribution in [0.1, 0.15) is 30.9 Å². The molecule has 1 aliphatic heterocycles. The highest BCUT2D eigenvalue weighted by Gasteiger charge is 2.31. The molecule has 248 valence electrons. The van der Waals surface area contributed by atoms with E-state index in [1.807, 2.05) is 42.5 Å². The van der Waals surface area contributed by atoms with Crippen LogP contribution in [0.25, 0.3) is 10.8 Å². The maximum absolute atomic E-state index is 13.6. The van der Waals surface area contributed by atoms with Gasteiger partial charge in [0.1, 0.15) is 29.9 Å². The van der Waals surface area contributed by atoms with E-state index in [0.29, 0.717) is 12.0 Å². The van der Waals surface area contributed by atoms with Crippen molar-refractivity contribution >= 4 is 46.3 Å². The van der Waals surface area contributed by atoms with Gasteiger partial charge in [-0.15, -0.1) is 0 Å². The van der Waals surface area contributed by atoms with E-state index in [2.05, 4.69) is 31.6 Å². The minimum atomic E-state index is -1.12. The number of hydrogen-bond acceptors (Lipinski definition) is 7. The summed E-state index contributed by atoms with van der Waals surface area (Å²) in [6.07, 6.45) is 0.589. The van der Waals surface area contributed by atoms with E-state index in [1.165, 1.54) is 19.1 Å². The molecule has 0 spiro atoms. The van der Waals surface area contributed by atoms with Gasteiger partial charge in [0.15, 0.2) is 5.96 Å². The van der Waals surface area contributed by atoms with Crippen molar-refractivity contribution in [3.05, 3.63) is 77.9 Å². The number of aliphatic imine (C=N–C) groups is 1. The van der Waals surface area contributed by atoms with Crippen LogP contribution in [-0.4, -0.2) is 77.9 Å². The van der Waals surface area contributed by atoms with Gasteiger partial charge in [0.25, 0.3) is 0 Å². The number of nitrogens with zero attached hydrogens (tertiary/aromatic N) is 1. The third-order valence-electron chi connectivity index (χ3n) is 7.67. The number of guanidine groups is 1. The average Bonchev–Trinajstić information content (AvgIpc) is 3.04. The predicted octanol–water partition coefficient (Wildman–Crippen LogP) is -0.527. The van der Waals surface area contributed by atoms with Gasteiger partial charge in [-0.3, -0.25) is 29.0 Å². The zero-order chi connectivity index (χ0) is 33.9. The molecule has 1 fully saturated rings. The lowest BCUT2D eigenvalue weighted by Gasteiger charge is -2.24. The molecular formula is C33H40N8O6. The summed E-state index contributed by atoms with van der Waals surface area (Å²) in [5.74, 6) is -3.31. The van der Waals surface area contributed by atoms with E-state index in [9.17, 15) is 29.1 Å². The van der Waals surface area contributed by atoms with Gasteiger partial charge in [0.05, 0.1) is 6.54 Å². The fraction of sp³-hybridized carbons (Fsp3) is 0.333. The highest BCUT2D eigenvalue weighted by atomic mass is 16.3. The summed E-state index contributed by atoms with van der Waals surface area (Å²) in [5, 5.41) is 24.8. The van der Waals surface area contributed by atoms with Crippen molar-refractivity contribution in [3.63, 3.8) is 0 Å². The second-order valence-corrected chi connectivity index (χ2v) is 11.4. The Bertz CT molecular complexity index is 1640. The van der Waals surface area contributed by atoms with Gasteiger partial charge in [0, 0.05) is 19.4 Å². The van der Waals surface area contributed by atoms with Crippen LogP contribution in [0.3, 0.4) is 0 Å². The minimum absolute atomic E-state index is 0.0339. The van der Waals surface area contributed by atoms with Gasteiger partial charge >= 0.3 is 0 Å². The average molecular weight is 645 g/mol. The van der Waals surface area contributed by atoms with Gasteiger partial charge in [-0.05, 0) is 53.8 Å². The molecule has 0 unspecified atom stereocenters. The summed E-state index contributed by atoms with van der Waals surface area (Å²) in [6.45, 7) is 1.17. The van der Waals surface area contributed by atoms with Crippen molar-refractivity contribution in [3.8, 4) is 5.75 Å². The van der Waals surface area contributed by atoms with E-state index in [-0.39, 0.29) is 37.5 Å². The molecule has 1 saturated heterocycles. The first-order valence-corrected chi connectivity index (χ1v) is 15.3. The van der Waals surface area contributed by atoms with Crippen molar-refractivity contribution < 1.29 is 29.1 Å². The Morgan fingerprint density at radius 2 is 1.36 bits per heavy atom. The Hall–Kier alpha value is -5.66. The number of aromatic hydroxyl groups is 1. The van der Waals surface area contributed by atoms with Crippen LogP contribution >= 0.6 is 0 Å². The molecule has 0 bridgehead atoms. The molecule has 1 aliphatic rings. The van der Waals surface area contributed by atoms with Crippen LogP contribution in [-0.2, 0) is 36.8 Å². The molecule has 5 amide bonds. The van der Waals surface area contributed by atoms with Crippen LogP contribution in [0.15, 0.2) is 71.7 Å². The molecule has 0 radical (unpaired) electrons. The highest BCUT2D eigenvalue weighted by Crippen LogP contribution is 2.17. The molecular weight excluding hydrogens is 604 g/mol. The summed E-state index contributed by atoms with van der Waals surface area (Å²) in [7, 11) is 0. The maximum atomic E-state index is 13.6. The minimum Gasteiger partial charge on any atom is -0.508 e. The molecule has 3 aromatic carbocycles. The van der Waals surface area contributed by atoms with E-state index < -0.39 is 60.2 Å². The number of rotatable bonds is 8. The first-order chi connectivity index (χ1) is 22.5. The largest absolute Gasteiger partial charge is 0.508 e. The smallest absolute Gasteiger partial charge is 0.243 e. The van der Waals surface area contributed by atoms with Gasteiger partial charge in [-0.25, -0.2) is 0 Å². The van der Waals surface area contributed by atoms with Gasteiger partial charge in [-0.1, -0.05) is 54.6 Å². The van der Waals surface area contributed by atoms with Gasteiger partial charge < -0.3 is 43.2 Å². The third-order valence-corrected chi connectivity index (χ3v) is 7.67. The number of nitrogens with two attached hydrogens (primary N) is 2. The Labute approximate surface area is 271 Å². The second-order valence-electron chi connectivity index (χ2n) is 11.4. The summed E-state index contributed by atoms with van der Waals surface area (Å²) >= 11 is 0. The standard InChI is InChI=1S/C33H40N8O6/c1-19-29(44)40-25(7-4-14-36-33(34)35)31(46)41-26(17-21-8-11-22-5-2-3-6-23(22)15-21)30(45)37-18-28(43)39-27(32(47)38-19)16-20-9-12-24(42)13-10-20/h2-3,5-6,8-13,15,19,25-27,42H,4,7,14,16-18H2,1H3,(H,37,45)(H,38,47)(H,39,43)(H,40,44)(H,41,46)(H4,34,35,36)/t19-,25-,26-,27+/m0/s1. The van der Waals surface area contributed by atoms with Crippen LogP contribution in [0, 0.1) is 0 Å². The Morgan fingerprint density at radius 3 is 2.09 bits per heavy atom. The SMILES string of the molecule is C[C@@H]1NC(=O)[C@@H](Cc2ccc(O)cc2)NC(=O)CNC(=O)[C@H](Cc2ccc3ccccc3c2)NC(=O)[C@H](CCCN=C(N)N)NC1=O. The molecule has 10 N–H and O–H groups in total. The predicted molar refractivity (Wildman–Crippen MR) is 176 cm³/mol. The summed E-state index contributed by atoms with van der Waals surface area (Å²) in [4.78, 5) is 70.6. The van der Waals surface area contributed by atoms with Crippen LogP contribution in [0.2, 0.25) is 0 Å². The summed E-state index contributed by atoms with van der Waals surface area (Å²) < 4.78 is 0. The normalized spacial score (nSPS) is 21.3. The number of fused-ring (bicyclic) bond motifs is 1. The zero-order valence-corrected chi connectivity index (χ0v) is 26.0. The molecule has 3 aromatic rings. The van der Waals surface area contributed by atoms with Crippen LogP contribution in [0.4, 0.5) is 0 Å². The fourth-order valence-electron chi connectivity index (χ4n) is 5.14. The molecule has 47 heavy (non-hydrogen) atoms. The quantitative estimate of drug-likeness (QED) is 0.0901. The highest BCUT2D eigenvalue weighted by molar-refractivity contribution is 5.97. The molecule has 0 aromatic heterocycles. The zero-order valence-electron chi connectivity index (χ0n) is 26.0. The van der Waals surface area contributed by atoms with Crippen molar-refractivity contribution in [2.75, 3.05) is 13.1 Å². The molecule has 4 atom stereocenters. The number of benzene rings is 3. The first kappa shape index (κ1) is 34.2. The Kier molecular flexibility index (Phi) is 11.7. The van der Waals surface area contributed by atoms with Crippen molar-refractivity contribution in [1.29, 1.82) is 0 Å². The van der Waals surface area contributed by atoms with Crippen molar-refractivity contribution in [2.24, 2.45) is 16.5 Å². The lowest BCUT2D eigenvalue weighted by atomic mass is 10.0. The Balaban J connectivity index is 1.61. The topological polar surface area (TPSA) is 230 Å². The van der Waals surface area contributed by atoms with Crippen LogP contribution in [0.5, 0.6) is 5.75 Å². The summed E-state index contributed by atoms with van der Waals surface area (Å²) in [5.41, 5.74) is 12.2. The number of amides is 5. The number of hydrogen-bond donors (Lipinski definition) is 8. The molecule has 0 aliphatic carbocycles. The second kappa shape index (κ2) is 16.1.